The summed E-state index contributed by atoms with van der Waals surface area (Å²) in [5.74, 6) is 0.344. The Hall–Kier alpha value is -3.49. The van der Waals surface area contributed by atoms with Crippen molar-refractivity contribution in [3.05, 3.63) is 85.1 Å². The fraction of sp³-hybridized carbons (Fsp3) is 0.182. The van der Waals surface area contributed by atoms with E-state index in [0.717, 1.165) is 45.4 Å². The van der Waals surface area contributed by atoms with Crippen LogP contribution in [0.4, 0.5) is 0 Å². The van der Waals surface area contributed by atoms with Crippen LogP contribution in [0.25, 0.3) is 16.6 Å². The van der Waals surface area contributed by atoms with Gasteiger partial charge in [-0.05, 0) is 42.0 Å². The highest BCUT2D eigenvalue weighted by molar-refractivity contribution is 6.30. The number of nitrogens with one attached hydrogen (secondary N) is 2. The molecule has 0 saturated carbocycles. The molecule has 158 valence electrons. The number of nitrogens with two attached hydrogens (primary N) is 1. The predicted molar refractivity (Wildman–Crippen MR) is 117 cm³/mol. The van der Waals surface area contributed by atoms with Crippen molar-refractivity contribution < 1.29 is 15.2 Å². The van der Waals surface area contributed by atoms with Gasteiger partial charge in [-0.25, -0.2) is 9.36 Å². The Morgan fingerprint density at radius 2 is 2.03 bits per heavy atom. The maximum Gasteiger partial charge on any atom is 0.335 e. The Kier molecular flexibility index (Phi) is 4.60. The Morgan fingerprint density at radius 3 is 2.81 bits per heavy atom. The van der Waals surface area contributed by atoms with Crippen molar-refractivity contribution in [3.8, 4) is 17.3 Å². The number of aromatic nitrogens is 3. The van der Waals surface area contributed by atoms with Crippen molar-refractivity contribution in [2.75, 3.05) is 13.7 Å². The summed E-state index contributed by atoms with van der Waals surface area (Å²) < 4.78 is 6.42. The number of fused-ring (bicyclic) bond motifs is 3. The summed E-state index contributed by atoms with van der Waals surface area (Å²) in [5.41, 5.74) is 1.94. The molecule has 0 fully saturated rings. The van der Waals surface area contributed by atoms with Crippen LogP contribution < -0.4 is 21.3 Å². The third kappa shape index (κ3) is 3.11. The summed E-state index contributed by atoms with van der Waals surface area (Å²) >= 11 is 6.07. The molecule has 5 rings (SSSR count). The largest absolute Gasteiger partial charge is 0.497 e. The van der Waals surface area contributed by atoms with Gasteiger partial charge in [-0.15, -0.1) is 0 Å². The number of rotatable bonds is 3. The first-order valence-corrected chi connectivity index (χ1v) is 10.2. The van der Waals surface area contributed by atoms with Crippen LogP contribution in [0.3, 0.4) is 0 Å². The lowest BCUT2D eigenvalue weighted by Crippen LogP contribution is -2.87. The first-order chi connectivity index (χ1) is 15.0. The highest BCUT2D eigenvalue weighted by Crippen LogP contribution is 2.34. The zero-order chi connectivity index (χ0) is 21.7. The number of aromatic hydroxyl groups is 1. The Bertz CT molecular complexity index is 1440. The summed E-state index contributed by atoms with van der Waals surface area (Å²) in [7, 11) is 1.62. The van der Waals surface area contributed by atoms with E-state index in [0.29, 0.717) is 10.7 Å². The number of hydrogen-bond donors (Lipinski definition) is 4. The number of aromatic amines is 2. The summed E-state index contributed by atoms with van der Waals surface area (Å²) in [5, 5.41) is 14.5. The minimum atomic E-state index is -0.731. The van der Waals surface area contributed by atoms with E-state index in [2.05, 4.69) is 9.97 Å². The van der Waals surface area contributed by atoms with E-state index in [1.807, 2.05) is 23.5 Å². The van der Waals surface area contributed by atoms with Crippen LogP contribution in [0.2, 0.25) is 5.02 Å². The van der Waals surface area contributed by atoms with Gasteiger partial charge >= 0.3 is 5.69 Å². The zero-order valence-electron chi connectivity index (χ0n) is 16.6. The fourth-order valence-corrected chi connectivity index (χ4v) is 4.54. The zero-order valence-corrected chi connectivity index (χ0v) is 17.4. The highest BCUT2D eigenvalue weighted by atomic mass is 35.5. The number of benzene rings is 2. The van der Waals surface area contributed by atoms with E-state index in [1.165, 1.54) is 0 Å². The summed E-state index contributed by atoms with van der Waals surface area (Å²) in [6.07, 6.45) is 0.797. The number of H-pyrrole nitrogens is 2. The second-order valence-corrected chi connectivity index (χ2v) is 7.93. The van der Waals surface area contributed by atoms with Crippen molar-refractivity contribution in [1.82, 2.24) is 14.5 Å². The summed E-state index contributed by atoms with van der Waals surface area (Å²) in [6.45, 7) is 0.719. The lowest BCUT2D eigenvalue weighted by molar-refractivity contribution is -0.690. The Morgan fingerprint density at radius 1 is 1.19 bits per heavy atom. The molecule has 0 spiro atoms. The molecule has 4 aromatic rings. The van der Waals surface area contributed by atoms with Crippen molar-refractivity contribution >= 4 is 22.5 Å². The third-order valence-electron chi connectivity index (χ3n) is 5.75. The van der Waals surface area contributed by atoms with Crippen LogP contribution in [0, 0.1) is 0 Å². The molecule has 2 aromatic heterocycles. The van der Waals surface area contributed by atoms with Gasteiger partial charge in [0.25, 0.3) is 5.56 Å². The molecule has 0 radical (unpaired) electrons. The maximum absolute atomic E-state index is 12.8. The number of methoxy groups -OCH3 is 1. The Labute approximate surface area is 181 Å². The van der Waals surface area contributed by atoms with Crippen LogP contribution in [0.15, 0.2) is 52.1 Å². The molecule has 1 atom stereocenters. The summed E-state index contributed by atoms with van der Waals surface area (Å²) in [4.78, 5) is 31.1. The molecule has 3 heterocycles. The standard InChI is InChI=1S/C22H19ClN4O4/c1-31-13-5-6-16-15(10-13)14-7-8-24-19(18(14)25-16)17-20(28)26-22(30)27(21(17)29)12-4-2-3-11(23)9-12/h2-6,9-10,19,24-25,29H,7-8H2,1H3,(H,26,28,30)/p+1/t19-/m1/s1. The molecule has 8 nitrogen and oxygen atoms in total. The summed E-state index contributed by atoms with van der Waals surface area (Å²) in [6, 6.07) is 11.8. The molecular formula is C22H20ClN4O4+. The van der Waals surface area contributed by atoms with Crippen molar-refractivity contribution in [2.45, 2.75) is 12.5 Å². The van der Waals surface area contributed by atoms with E-state index in [9.17, 15) is 14.7 Å². The van der Waals surface area contributed by atoms with Gasteiger partial charge in [0.05, 0.1) is 25.0 Å². The first-order valence-electron chi connectivity index (χ1n) is 9.84. The first kappa shape index (κ1) is 19.5. The van der Waals surface area contributed by atoms with Gasteiger partial charge in [0.2, 0.25) is 5.88 Å². The molecule has 0 saturated heterocycles. The van der Waals surface area contributed by atoms with Crippen LogP contribution in [-0.2, 0) is 6.42 Å². The van der Waals surface area contributed by atoms with E-state index in [-0.39, 0.29) is 5.56 Å². The van der Waals surface area contributed by atoms with E-state index in [1.54, 1.807) is 31.4 Å². The van der Waals surface area contributed by atoms with Gasteiger partial charge in [-0.3, -0.25) is 9.78 Å². The molecule has 1 aliphatic rings. The maximum atomic E-state index is 12.8. The van der Waals surface area contributed by atoms with E-state index >= 15 is 0 Å². The van der Waals surface area contributed by atoms with Crippen LogP contribution in [0.5, 0.6) is 11.6 Å². The van der Waals surface area contributed by atoms with Crippen molar-refractivity contribution in [1.29, 1.82) is 0 Å². The number of ether oxygens (including phenoxy) is 1. The molecule has 0 aliphatic carbocycles. The van der Waals surface area contributed by atoms with Gasteiger partial charge in [0, 0.05) is 22.3 Å². The minimum Gasteiger partial charge on any atom is -0.497 e. The molecule has 0 unspecified atom stereocenters. The van der Waals surface area contributed by atoms with E-state index in [4.69, 9.17) is 16.3 Å². The smallest absolute Gasteiger partial charge is 0.335 e. The average molecular weight is 440 g/mol. The molecular weight excluding hydrogens is 420 g/mol. The predicted octanol–water partition coefficient (Wildman–Crippen LogP) is 1.58. The van der Waals surface area contributed by atoms with E-state index < -0.39 is 23.2 Å². The number of hydrogen-bond acceptors (Lipinski definition) is 4. The minimum absolute atomic E-state index is 0.110. The van der Waals surface area contributed by atoms with Gasteiger partial charge in [-0.2, -0.15) is 0 Å². The lowest BCUT2D eigenvalue weighted by Gasteiger charge is -2.22. The second-order valence-electron chi connectivity index (χ2n) is 7.49. The third-order valence-corrected chi connectivity index (χ3v) is 5.99. The molecule has 31 heavy (non-hydrogen) atoms. The van der Waals surface area contributed by atoms with Crippen LogP contribution in [0.1, 0.15) is 22.9 Å². The monoisotopic (exact) mass is 439 g/mol. The molecule has 5 N–H and O–H groups in total. The highest BCUT2D eigenvalue weighted by Gasteiger charge is 2.34. The number of quaternary nitrogens is 1. The number of halogens is 1. The van der Waals surface area contributed by atoms with Gasteiger partial charge < -0.3 is 20.1 Å². The van der Waals surface area contributed by atoms with Gasteiger partial charge in [0.1, 0.15) is 11.3 Å². The van der Waals surface area contributed by atoms with Gasteiger partial charge in [-0.1, -0.05) is 17.7 Å². The normalized spacial score (nSPS) is 15.7. The second kappa shape index (κ2) is 7.33. The van der Waals surface area contributed by atoms with Crippen LogP contribution in [-0.4, -0.2) is 33.3 Å². The molecule has 9 heteroatoms. The molecule has 0 amide bonds. The quantitative estimate of drug-likeness (QED) is 0.387. The lowest BCUT2D eigenvalue weighted by atomic mass is 9.95. The van der Waals surface area contributed by atoms with Crippen molar-refractivity contribution in [3.63, 3.8) is 0 Å². The topological polar surface area (TPSA) is 117 Å². The van der Waals surface area contributed by atoms with Gasteiger partial charge in [0.15, 0.2) is 6.04 Å². The SMILES string of the molecule is COc1ccc2[nH]c3c(c2c1)CC[NH2+][C@@H]3c1c(O)n(-c2cccc(Cl)c2)c(=O)[nH]c1=O. The van der Waals surface area contributed by atoms with Crippen molar-refractivity contribution in [2.24, 2.45) is 0 Å². The molecule has 1 aliphatic heterocycles. The van der Waals surface area contributed by atoms with Crippen LogP contribution >= 0.6 is 11.6 Å². The average Bonchev–Trinajstić information content (AvgIpc) is 3.12. The fourth-order valence-electron chi connectivity index (χ4n) is 4.36. The molecule has 2 aromatic carbocycles. The Balaban J connectivity index is 1.73. The number of nitrogens with zero attached hydrogens (tertiary/aromatic N) is 1. The molecule has 0 bridgehead atoms.